The fourth-order valence-corrected chi connectivity index (χ4v) is 4.05. The standard InChI is InChI=1S/C25H23N3O2S/c29-22(23-12-7-15-31-23)13-14-24(30)26-16-21-18-28(17-19-8-3-1-4-9-19)27-25(21)20-10-5-2-6-11-20/h1-12,15,18H,13-14,16-17H2,(H,26,30). The Morgan fingerprint density at radius 3 is 2.35 bits per heavy atom. The van der Waals surface area contributed by atoms with Crippen LogP contribution in [-0.2, 0) is 17.9 Å². The summed E-state index contributed by atoms with van der Waals surface area (Å²) in [5.41, 5.74) is 3.96. The molecule has 1 N–H and O–H groups in total. The van der Waals surface area contributed by atoms with Gasteiger partial charge >= 0.3 is 0 Å². The Hall–Kier alpha value is -3.51. The minimum atomic E-state index is -0.139. The average molecular weight is 430 g/mol. The molecule has 31 heavy (non-hydrogen) atoms. The summed E-state index contributed by atoms with van der Waals surface area (Å²) in [6, 6.07) is 23.7. The first-order valence-electron chi connectivity index (χ1n) is 10.2. The third-order valence-corrected chi connectivity index (χ3v) is 5.83. The van der Waals surface area contributed by atoms with Gasteiger partial charge in [0.2, 0.25) is 5.91 Å². The van der Waals surface area contributed by atoms with Gasteiger partial charge in [0.1, 0.15) is 0 Å². The van der Waals surface area contributed by atoms with Crippen molar-refractivity contribution >= 4 is 23.0 Å². The van der Waals surface area contributed by atoms with Gasteiger partial charge in [0.15, 0.2) is 5.78 Å². The molecule has 2 aromatic carbocycles. The monoisotopic (exact) mass is 429 g/mol. The number of nitrogens with zero attached hydrogens (tertiary/aromatic N) is 2. The normalized spacial score (nSPS) is 10.7. The molecule has 0 fully saturated rings. The number of aromatic nitrogens is 2. The van der Waals surface area contributed by atoms with Crippen LogP contribution in [0.5, 0.6) is 0 Å². The van der Waals surface area contributed by atoms with E-state index in [-0.39, 0.29) is 24.5 Å². The number of hydrogen-bond acceptors (Lipinski definition) is 4. The molecule has 6 heteroatoms. The summed E-state index contributed by atoms with van der Waals surface area (Å²) in [5.74, 6) is -0.134. The number of amides is 1. The number of hydrogen-bond donors (Lipinski definition) is 1. The highest BCUT2D eigenvalue weighted by Crippen LogP contribution is 2.22. The summed E-state index contributed by atoms with van der Waals surface area (Å²) in [5, 5.41) is 9.59. The summed E-state index contributed by atoms with van der Waals surface area (Å²) < 4.78 is 1.90. The highest BCUT2D eigenvalue weighted by atomic mass is 32.1. The molecule has 0 saturated heterocycles. The zero-order valence-corrected chi connectivity index (χ0v) is 17.8. The Morgan fingerprint density at radius 1 is 0.903 bits per heavy atom. The van der Waals surface area contributed by atoms with Crippen LogP contribution in [-0.4, -0.2) is 21.5 Å². The molecular formula is C25H23N3O2S. The van der Waals surface area contributed by atoms with Gasteiger partial charge in [-0.15, -0.1) is 11.3 Å². The molecule has 156 valence electrons. The molecule has 5 nitrogen and oxygen atoms in total. The van der Waals surface area contributed by atoms with Crippen molar-refractivity contribution in [3.63, 3.8) is 0 Å². The summed E-state index contributed by atoms with van der Waals surface area (Å²) in [6.07, 6.45) is 2.37. The van der Waals surface area contributed by atoms with Gasteiger partial charge in [-0.1, -0.05) is 66.7 Å². The molecule has 0 saturated carbocycles. The van der Waals surface area contributed by atoms with Gasteiger partial charge in [0, 0.05) is 36.7 Å². The minimum Gasteiger partial charge on any atom is -0.352 e. The van der Waals surface area contributed by atoms with Gasteiger partial charge in [-0.3, -0.25) is 14.3 Å². The molecule has 2 heterocycles. The van der Waals surface area contributed by atoms with Crippen LogP contribution >= 0.6 is 11.3 Å². The first-order chi connectivity index (χ1) is 15.2. The van der Waals surface area contributed by atoms with Crippen molar-refractivity contribution in [2.45, 2.75) is 25.9 Å². The lowest BCUT2D eigenvalue weighted by molar-refractivity contribution is -0.121. The number of thiophene rings is 1. The Balaban J connectivity index is 1.43. The molecule has 0 spiro atoms. The van der Waals surface area contributed by atoms with Crippen molar-refractivity contribution in [2.75, 3.05) is 0 Å². The highest BCUT2D eigenvalue weighted by molar-refractivity contribution is 7.12. The summed E-state index contributed by atoms with van der Waals surface area (Å²) in [6.45, 7) is 1.02. The van der Waals surface area contributed by atoms with E-state index in [1.807, 2.05) is 70.9 Å². The van der Waals surface area contributed by atoms with Crippen molar-refractivity contribution in [2.24, 2.45) is 0 Å². The lowest BCUT2D eigenvalue weighted by Gasteiger charge is -2.05. The van der Waals surface area contributed by atoms with Gasteiger partial charge < -0.3 is 5.32 Å². The highest BCUT2D eigenvalue weighted by Gasteiger charge is 2.14. The van der Waals surface area contributed by atoms with E-state index in [1.54, 1.807) is 6.07 Å². The van der Waals surface area contributed by atoms with E-state index < -0.39 is 0 Å². The molecule has 0 aliphatic heterocycles. The van der Waals surface area contributed by atoms with E-state index in [0.29, 0.717) is 18.0 Å². The summed E-state index contributed by atoms with van der Waals surface area (Å²) in [4.78, 5) is 25.2. The third-order valence-electron chi connectivity index (χ3n) is 4.92. The second kappa shape index (κ2) is 10.00. The molecule has 0 atom stereocenters. The van der Waals surface area contributed by atoms with Crippen molar-refractivity contribution in [3.8, 4) is 11.3 Å². The third kappa shape index (κ3) is 5.55. The van der Waals surface area contributed by atoms with Crippen molar-refractivity contribution in [3.05, 3.63) is 100 Å². The van der Waals surface area contributed by atoms with Crippen LogP contribution in [0.3, 0.4) is 0 Å². The van der Waals surface area contributed by atoms with Gasteiger partial charge in [0.05, 0.1) is 17.1 Å². The van der Waals surface area contributed by atoms with Gasteiger partial charge in [0.25, 0.3) is 0 Å². The number of rotatable bonds is 9. The zero-order valence-electron chi connectivity index (χ0n) is 17.0. The SMILES string of the molecule is O=C(CCC(=O)c1cccs1)NCc1cn(Cc2ccccc2)nc1-c1ccccc1. The second-order valence-electron chi connectivity index (χ2n) is 7.23. The largest absolute Gasteiger partial charge is 0.352 e. The van der Waals surface area contributed by atoms with Crippen LogP contribution < -0.4 is 5.32 Å². The lowest BCUT2D eigenvalue weighted by Crippen LogP contribution is -2.23. The molecular weight excluding hydrogens is 406 g/mol. The molecule has 0 aliphatic rings. The maximum absolute atomic E-state index is 12.3. The maximum Gasteiger partial charge on any atom is 0.220 e. The van der Waals surface area contributed by atoms with Crippen LogP contribution in [0.1, 0.15) is 33.6 Å². The maximum atomic E-state index is 12.3. The fraction of sp³-hybridized carbons (Fsp3) is 0.160. The summed E-state index contributed by atoms with van der Waals surface area (Å²) in [7, 11) is 0. The molecule has 4 aromatic rings. The minimum absolute atomic E-state index is 0.00538. The van der Waals surface area contributed by atoms with Gasteiger partial charge in [-0.25, -0.2) is 0 Å². The number of carbonyl (C=O) groups is 2. The van der Waals surface area contributed by atoms with Crippen LogP contribution in [0.25, 0.3) is 11.3 Å². The van der Waals surface area contributed by atoms with Gasteiger partial charge in [-0.05, 0) is 17.0 Å². The first kappa shape index (κ1) is 20.8. The molecule has 0 bridgehead atoms. The fourth-order valence-electron chi connectivity index (χ4n) is 3.35. The molecule has 4 rings (SSSR count). The van der Waals surface area contributed by atoms with Crippen molar-refractivity contribution in [1.29, 1.82) is 0 Å². The number of Topliss-reactive ketones (excluding diaryl/α,β-unsaturated/α-hetero) is 1. The zero-order chi connectivity index (χ0) is 21.5. The predicted molar refractivity (Wildman–Crippen MR) is 123 cm³/mol. The Kier molecular flexibility index (Phi) is 6.69. The smallest absolute Gasteiger partial charge is 0.220 e. The first-order valence-corrected chi connectivity index (χ1v) is 11.1. The van der Waals surface area contributed by atoms with E-state index in [2.05, 4.69) is 17.4 Å². The van der Waals surface area contributed by atoms with Gasteiger partial charge in [-0.2, -0.15) is 5.10 Å². The van der Waals surface area contributed by atoms with Crippen LogP contribution in [0.2, 0.25) is 0 Å². The molecule has 0 unspecified atom stereocenters. The number of nitrogens with one attached hydrogen (secondary N) is 1. The Bertz CT molecular complexity index is 1140. The molecule has 1 amide bonds. The van der Waals surface area contributed by atoms with E-state index >= 15 is 0 Å². The van der Waals surface area contributed by atoms with E-state index in [9.17, 15) is 9.59 Å². The van der Waals surface area contributed by atoms with E-state index in [4.69, 9.17) is 5.10 Å². The quantitative estimate of drug-likeness (QED) is 0.383. The van der Waals surface area contributed by atoms with Crippen molar-refractivity contribution in [1.82, 2.24) is 15.1 Å². The Morgan fingerprint density at radius 2 is 1.65 bits per heavy atom. The van der Waals surface area contributed by atoms with E-state index in [0.717, 1.165) is 22.4 Å². The molecule has 2 aromatic heterocycles. The Labute approximate surface area is 185 Å². The number of carbonyl (C=O) groups excluding carboxylic acids is 2. The average Bonchev–Trinajstić information content (AvgIpc) is 3.48. The van der Waals surface area contributed by atoms with E-state index in [1.165, 1.54) is 11.3 Å². The summed E-state index contributed by atoms with van der Waals surface area (Å²) >= 11 is 1.40. The predicted octanol–water partition coefficient (Wildman–Crippen LogP) is 4.94. The van der Waals surface area contributed by atoms with Crippen LogP contribution in [0, 0.1) is 0 Å². The molecule has 0 aliphatic carbocycles. The number of benzene rings is 2. The molecule has 0 radical (unpaired) electrons. The topological polar surface area (TPSA) is 64.0 Å². The lowest BCUT2D eigenvalue weighted by atomic mass is 10.1. The second-order valence-corrected chi connectivity index (χ2v) is 8.18. The van der Waals surface area contributed by atoms with Crippen LogP contribution in [0.15, 0.2) is 84.4 Å². The van der Waals surface area contributed by atoms with Crippen molar-refractivity contribution < 1.29 is 9.59 Å². The number of ketones is 1. The van der Waals surface area contributed by atoms with Crippen LogP contribution in [0.4, 0.5) is 0 Å².